The molecule has 1 aromatic rings. The average molecular weight is 269 g/mol. The third-order valence-electron chi connectivity index (χ3n) is 2.40. The first-order valence-corrected chi connectivity index (χ1v) is 5.48. The number of fused-ring (bicyclic) bond motifs is 1. The van der Waals surface area contributed by atoms with E-state index in [0.717, 1.165) is 0 Å². The van der Waals surface area contributed by atoms with E-state index in [1.165, 1.54) is 12.1 Å². The molecule has 2 atom stereocenters. The minimum absolute atomic E-state index is 0.194. The van der Waals surface area contributed by atoms with Crippen LogP contribution in [0.3, 0.4) is 0 Å². The molecule has 0 aromatic heterocycles. The highest BCUT2D eigenvalue weighted by Crippen LogP contribution is 2.43. The fourth-order valence-corrected chi connectivity index (χ4v) is 2.19. The van der Waals surface area contributed by atoms with Gasteiger partial charge in [-0.05, 0) is 18.2 Å². The minimum atomic E-state index is -4.36. The van der Waals surface area contributed by atoms with E-state index in [1.807, 2.05) is 0 Å². The summed E-state index contributed by atoms with van der Waals surface area (Å²) in [6, 6.07) is 4.53. The zero-order valence-corrected chi connectivity index (χ0v) is 9.61. The van der Waals surface area contributed by atoms with E-state index in [4.69, 9.17) is 16.3 Å². The van der Waals surface area contributed by atoms with Crippen LogP contribution in [0.4, 0.5) is 13.2 Å². The highest BCUT2D eigenvalue weighted by atomic mass is 35.5. The highest BCUT2D eigenvalue weighted by Gasteiger charge is 2.45. The average Bonchev–Trinajstić information content (AvgIpc) is 2.17. The van der Waals surface area contributed by atoms with Gasteiger partial charge in [0.2, 0.25) is 0 Å². The lowest BCUT2D eigenvalue weighted by molar-refractivity contribution is -0.199. The summed E-state index contributed by atoms with van der Waals surface area (Å²) in [5, 5.41) is -0.0408. The van der Waals surface area contributed by atoms with E-state index < -0.39 is 17.5 Å². The summed E-state index contributed by atoms with van der Waals surface area (Å²) in [6.07, 6.45) is -6.35. The summed E-state index contributed by atoms with van der Waals surface area (Å²) < 4.78 is 42.4. The van der Waals surface area contributed by atoms with E-state index in [9.17, 15) is 13.2 Å². The van der Waals surface area contributed by atoms with Gasteiger partial charge in [-0.25, -0.2) is 0 Å². The summed E-state index contributed by atoms with van der Waals surface area (Å²) >= 11 is 9.90. The van der Waals surface area contributed by atoms with Crippen LogP contribution in [0.25, 0.3) is 0 Å². The number of hydrogen-bond acceptors (Lipinski definition) is 2. The Morgan fingerprint density at radius 3 is 2.69 bits per heavy atom. The van der Waals surface area contributed by atoms with Gasteiger partial charge in [-0.2, -0.15) is 25.8 Å². The molecule has 1 heterocycles. The first kappa shape index (κ1) is 11.9. The molecule has 88 valence electrons. The summed E-state index contributed by atoms with van der Waals surface area (Å²) in [7, 11) is 0. The predicted molar refractivity (Wildman–Crippen MR) is 58.3 cm³/mol. The zero-order valence-electron chi connectivity index (χ0n) is 7.96. The van der Waals surface area contributed by atoms with Gasteiger partial charge >= 0.3 is 6.18 Å². The topological polar surface area (TPSA) is 9.23 Å². The van der Waals surface area contributed by atoms with Gasteiger partial charge in [0.1, 0.15) is 5.75 Å². The summed E-state index contributed by atoms with van der Waals surface area (Å²) in [6.45, 7) is 0. The molecule has 1 aliphatic rings. The highest BCUT2D eigenvalue weighted by molar-refractivity contribution is 7.80. The molecule has 6 heteroatoms. The van der Waals surface area contributed by atoms with Crippen LogP contribution in [-0.4, -0.2) is 12.3 Å². The van der Waals surface area contributed by atoms with Crippen LogP contribution >= 0.6 is 24.2 Å². The molecule has 0 bridgehead atoms. The van der Waals surface area contributed by atoms with Crippen LogP contribution in [0.1, 0.15) is 17.2 Å². The molecule has 0 unspecified atom stereocenters. The number of halogens is 4. The Hall–Kier alpha value is -0.550. The molecule has 0 saturated carbocycles. The summed E-state index contributed by atoms with van der Waals surface area (Å²) in [5.41, 5.74) is 0.608. The fourth-order valence-electron chi connectivity index (χ4n) is 1.62. The standard InChI is InChI=1S/C10H8ClF3OS/c11-5-1-2-7-6(3-5)8(16)4-9(15-7)10(12,13)14/h1-3,8-9,16H,4H2/t8-,9-/m0/s1. The van der Waals surface area contributed by atoms with Gasteiger partial charge in [-0.1, -0.05) is 11.6 Å². The van der Waals surface area contributed by atoms with Gasteiger partial charge in [-0.15, -0.1) is 0 Å². The second kappa shape index (κ2) is 4.04. The molecule has 0 radical (unpaired) electrons. The Bertz CT molecular complexity index is 408. The lowest BCUT2D eigenvalue weighted by atomic mass is 10.0. The van der Waals surface area contributed by atoms with Crippen molar-refractivity contribution in [1.82, 2.24) is 0 Å². The Morgan fingerprint density at radius 1 is 1.38 bits per heavy atom. The van der Waals surface area contributed by atoms with Crippen LogP contribution in [0.5, 0.6) is 5.75 Å². The number of rotatable bonds is 0. The molecule has 1 aromatic carbocycles. The first-order chi connectivity index (χ1) is 7.38. The molecule has 0 N–H and O–H groups in total. The van der Waals surface area contributed by atoms with Crippen molar-refractivity contribution in [3.8, 4) is 5.75 Å². The van der Waals surface area contributed by atoms with Crippen molar-refractivity contribution in [2.75, 3.05) is 0 Å². The smallest absolute Gasteiger partial charge is 0.425 e. The molecule has 1 aliphatic heterocycles. The number of thiol groups is 1. The first-order valence-electron chi connectivity index (χ1n) is 4.59. The van der Waals surface area contributed by atoms with Crippen molar-refractivity contribution in [2.24, 2.45) is 0 Å². The molecule has 0 spiro atoms. The largest absolute Gasteiger partial charge is 0.481 e. The summed E-state index contributed by atoms with van der Waals surface area (Å²) in [5.74, 6) is 0.206. The van der Waals surface area contributed by atoms with Gasteiger partial charge in [0, 0.05) is 22.3 Å². The predicted octanol–water partition coefficient (Wildman–Crippen LogP) is 4.02. The third-order valence-corrected chi connectivity index (χ3v) is 3.13. The fraction of sp³-hybridized carbons (Fsp3) is 0.400. The second-order valence-electron chi connectivity index (χ2n) is 3.58. The molecule has 2 rings (SSSR count). The van der Waals surface area contributed by atoms with Crippen molar-refractivity contribution >= 4 is 24.2 Å². The quantitative estimate of drug-likeness (QED) is 0.699. The van der Waals surface area contributed by atoms with Crippen molar-refractivity contribution in [3.63, 3.8) is 0 Å². The van der Waals surface area contributed by atoms with Gasteiger partial charge in [-0.3, -0.25) is 0 Å². The Morgan fingerprint density at radius 2 is 2.06 bits per heavy atom. The molecule has 16 heavy (non-hydrogen) atoms. The Balaban J connectivity index is 2.34. The minimum Gasteiger partial charge on any atom is -0.481 e. The van der Waals surface area contributed by atoms with Crippen LogP contribution < -0.4 is 4.74 Å². The maximum absolute atomic E-state index is 12.5. The van der Waals surface area contributed by atoms with Gasteiger partial charge in [0.25, 0.3) is 0 Å². The SMILES string of the molecule is FC(F)(F)[C@@H]1C[C@H](S)c2cc(Cl)ccc2O1. The number of benzene rings is 1. The monoisotopic (exact) mass is 268 g/mol. The number of ether oxygens (including phenoxy) is 1. The van der Waals surface area contributed by atoms with Gasteiger partial charge in [0.15, 0.2) is 6.10 Å². The molecule has 0 fully saturated rings. The molecular weight excluding hydrogens is 261 g/mol. The van der Waals surface area contributed by atoms with Crippen LogP contribution in [0.15, 0.2) is 18.2 Å². The Labute approximate surface area is 101 Å². The van der Waals surface area contributed by atoms with Crippen molar-refractivity contribution in [1.29, 1.82) is 0 Å². The molecule has 0 saturated heterocycles. The number of alkyl halides is 3. The maximum Gasteiger partial charge on any atom is 0.425 e. The van der Waals surface area contributed by atoms with Crippen LogP contribution in [-0.2, 0) is 0 Å². The van der Waals surface area contributed by atoms with Gasteiger partial charge < -0.3 is 4.74 Å². The molecule has 1 nitrogen and oxygen atoms in total. The van der Waals surface area contributed by atoms with E-state index in [-0.39, 0.29) is 12.2 Å². The van der Waals surface area contributed by atoms with Crippen molar-refractivity contribution in [3.05, 3.63) is 28.8 Å². The van der Waals surface area contributed by atoms with Crippen molar-refractivity contribution < 1.29 is 17.9 Å². The van der Waals surface area contributed by atoms with Gasteiger partial charge in [0.05, 0.1) is 0 Å². The van der Waals surface area contributed by atoms with E-state index in [0.29, 0.717) is 10.6 Å². The van der Waals surface area contributed by atoms with Crippen molar-refractivity contribution in [2.45, 2.75) is 24.0 Å². The zero-order chi connectivity index (χ0) is 11.9. The van der Waals surface area contributed by atoms with E-state index in [2.05, 4.69) is 12.6 Å². The van der Waals surface area contributed by atoms with E-state index in [1.54, 1.807) is 6.07 Å². The molecule has 0 amide bonds. The third kappa shape index (κ3) is 2.25. The Kier molecular flexibility index (Phi) is 3.01. The second-order valence-corrected chi connectivity index (χ2v) is 4.64. The lowest BCUT2D eigenvalue weighted by Crippen LogP contribution is -2.37. The summed E-state index contributed by atoms with van der Waals surface area (Å²) in [4.78, 5) is 0. The maximum atomic E-state index is 12.5. The van der Waals surface area contributed by atoms with E-state index >= 15 is 0 Å². The molecule has 0 aliphatic carbocycles. The molecular formula is C10H8ClF3OS. The van der Waals surface area contributed by atoms with Crippen LogP contribution in [0, 0.1) is 0 Å². The lowest BCUT2D eigenvalue weighted by Gasteiger charge is -2.31. The van der Waals surface area contributed by atoms with Crippen LogP contribution in [0.2, 0.25) is 5.02 Å². The normalized spacial score (nSPS) is 24.8. The number of hydrogen-bond donors (Lipinski definition) is 1.